The summed E-state index contributed by atoms with van der Waals surface area (Å²) in [5.74, 6) is 0. The quantitative estimate of drug-likeness (QED) is 0.323. The van der Waals surface area contributed by atoms with Crippen LogP contribution in [0.1, 0.15) is 0 Å². The maximum atomic E-state index is 11.5. The lowest BCUT2D eigenvalue weighted by Crippen LogP contribution is -2.28. The topological polar surface area (TPSA) is 27.7 Å². The summed E-state index contributed by atoms with van der Waals surface area (Å²) in [6.45, 7) is 0. The summed E-state index contributed by atoms with van der Waals surface area (Å²) in [5.41, 5.74) is 0. The Balaban J connectivity index is 4.53. The standard InChI is InChI=1S/F9O3PSi3/c1-14(2,3)10-13(11-15(4,5)6)12-16(7,8)9. The van der Waals surface area contributed by atoms with E-state index in [-0.39, 0.29) is 0 Å². The van der Waals surface area contributed by atoms with Gasteiger partial charge >= 0.3 is 36.6 Å². The summed E-state index contributed by atoms with van der Waals surface area (Å²) >= 11 is 0. The number of halogens is 9. The second-order valence-electron chi connectivity index (χ2n) is 1.83. The van der Waals surface area contributed by atoms with Gasteiger partial charge in [0.1, 0.15) is 0 Å². The zero-order valence-electron chi connectivity index (χ0n) is 6.57. The summed E-state index contributed by atoms with van der Waals surface area (Å²) in [7, 11) is -25.8. The van der Waals surface area contributed by atoms with E-state index in [9.17, 15) is 37.0 Å². The van der Waals surface area contributed by atoms with Crippen molar-refractivity contribution in [1.29, 1.82) is 0 Å². The zero-order chi connectivity index (χ0) is 13.2. The fraction of sp³-hybridized carbons (Fsp3) is 0. The lowest BCUT2D eigenvalue weighted by molar-refractivity contribution is 0.203. The van der Waals surface area contributed by atoms with Crippen LogP contribution in [0, 0.1) is 0 Å². The van der Waals surface area contributed by atoms with Gasteiger partial charge in [0, 0.05) is 0 Å². The first-order valence-corrected chi connectivity index (χ1v) is 8.58. The normalized spacial score (nSPS) is 14.6. The van der Waals surface area contributed by atoms with Crippen molar-refractivity contribution in [2.45, 2.75) is 0 Å². The minimum Gasteiger partial charge on any atom is -0.273 e. The summed E-state index contributed by atoms with van der Waals surface area (Å²) in [6, 6.07) is 0. The molecule has 0 N–H and O–H groups in total. The Morgan fingerprint density at radius 1 is 0.500 bits per heavy atom. The highest BCUT2D eigenvalue weighted by Gasteiger charge is 2.57. The van der Waals surface area contributed by atoms with Crippen LogP contribution in [0.3, 0.4) is 0 Å². The van der Waals surface area contributed by atoms with E-state index in [1.807, 2.05) is 0 Å². The lowest BCUT2D eigenvalue weighted by Gasteiger charge is -2.17. The molecule has 0 aromatic rings. The van der Waals surface area contributed by atoms with E-state index in [4.69, 9.17) is 0 Å². The number of rotatable bonds is 6. The van der Waals surface area contributed by atoms with E-state index in [1.165, 1.54) is 0 Å². The van der Waals surface area contributed by atoms with E-state index in [1.54, 1.807) is 0 Å². The molecule has 0 radical (unpaired) electrons. The van der Waals surface area contributed by atoms with Crippen molar-refractivity contribution in [3.05, 3.63) is 0 Å². The van der Waals surface area contributed by atoms with Gasteiger partial charge in [-0.1, -0.05) is 0 Å². The van der Waals surface area contributed by atoms with Gasteiger partial charge in [0.25, 0.3) is 0 Å². The van der Waals surface area contributed by atoms with Crippen molar-refractivity contribution in [3.63, 3.8) is 0 Å². The number of hydrogen-bond acceptors (Lipinski definition) is 3. The summed E-state index contributed by atoms with van der Waals surface area (Å²) < 4.78 is 111. The Morgan fingerprint density at radius 2 is 0.688 bits per heavy atom. The Labute approximate surface area is 87.0 Å². The molecule has 16 heteroatoms. The fourth-order valence-electron chi connectivity index (χ4n) is 0.309. The van der Waals surface area contributed by atoms with Crippen LogP contribution in [-0.4, -0.2) is 28.0 Å². The van der Waals surface area contributed by atoms with Crippen LogP contribution < -0.4 is 0 Å². The first-order valence-electron chi connectivity index (χ1n) is 2.86. The molecule has 0 saturated heterocycles. The fourth-order valence-corrected chi connectivity index (χ4v) is 3.79. The van der Waals surface area contributed by atoms with Crippen molar-refractivity contribution in [2.75, 3.05) is 0 Å². The first-order chi connectivity index (χ1) is 6.79. The minimum atomic E-state index is -7.10. The molecule has 0 aromatic carbocycles. The highest BCUT2D eigenvalue weighted by atomic mass is 31.2. The minimum absolute atomic E-state index is 2.58. The molecule has 0 unspecified atom stereocenters. The monoisotopic (exact) mass is 334 g/mol. The van der Waals surface area contributed by atoms with Crippen molar-refractivity contribution < 1.29 is 49.6 Å². The molecule has 0 rings (SSSR count). The van der Waals surface area contributed by atoms with Crippen LogP contribution in [0.5, 0.6) is 0 Å². The molecule has 0 saturated carbocycles. The zero-order valence-corrected chi connectivity index (χ0v) is 10.5. The molecule has 16 heavy (non-hydrogen) atoms. The van der Waals surface area contributed by atoms with E-state index < -0.39 is 36.6 Å². The molecule has 0 amide bonds. The van der Waals surface area contributed by atoms with Crippen LogP contribution >= 0.6 is 8.60 Å². The smallest absolute Gasteiger partial charge is 0.273 e. The maximum Gasteiger partial charge on any atom is 0.809 e. The molecule has 0 bridgehead atoms. The largest absolute Gasteiger partial charge is 0.809 e. The summed E-state index contributed by atoms with van der Waals surface area (Å²) in [6.07, 6.45) is 0. The molecular weight excluding hydrogens is 334 g/mol. The molecule has 0 aliphatic rings. The Bertz CT molecular complexity index is 179. The van der Waals surface area contributed by atoms with E-state index in [2.05, 4.69) is 12.6 Å². The Morgan fingerprint density at radius 3 is 0.812 bits per heavy atom. The van der Waals surface area contributed by atoms with Crippen molar-refractivity contribution >= 4 is 36.6 Å². The van der Waals surface area contributed by atoms with Crippen LogP contribution in [0.4, 0.5) is 37.0 Å². The van der Waals surface area contributed by atoms with Gasteiger partial charge in [-0.2, -0.15) is 0 Å². The Hall–Kier alpha value is 0.331. The molecule has 0 aliphatic carbocycles. The van der Waals surface area contributed by atoms with E-state index in [0.717, 1.165) is 0 Å². The summed E-state index contributed by atoms with van der Waals surface area (Å²) in [5, 5.41) is 0. The molecule has 0 aromatic heterocycles. The SMILES string of the molecule is F[Si](F)(F)OP(O[Si](F)(F)F)O[Si](F)(F)F. The van der Waals surface area contributed by atoms with Gasteiger partial charge in [-0.05, 0) is 0 Å². The van der Waals surface area contributed by atoms with E-state index >= 15 is 0 Å². The number of hydrogen-bond donors (Lipinski definition) is 0. The summed E-state index contributed by atoms with van der Waals surface area (Å²) in [4.78, 5) is 0. The van der Waals surface area contributed by atoms with Gasteiger partial charge < -0.3 is 0 Å². The Kier molecular flexibility index (Phi) is 5.43. The van der Waals surface area contributed by atoms with Crippen LogP contribution in [0.2, 0.25) is 0 Å². The molecule has 3 nitrogen and oxygen atoms in total. The van der Waals surface area contributed by atoms with Gasteiger partial charge in [0.2, 0.25) is 0 Å². The molecule has 98 valence electrons. The molecular formula is F9O3PSi3. The third kappa shape index (κ3) is 10.8. The van der Waals surface area contributed by atoms with Gasteiger partial charge in [0.15, 0.2) is 0 Å². The molecule has 0 spiro atoms. The van der Waals surface area contributed by atoms with Gasteiger partial charge in [0.05, 0.1) is 0 Å². The third-order valence-corrected chi connectivity index (χ3v) is 4.81. The maximum absolute atomic E-state index is 11.5. The molecule has 0 heterocycles. The van der Waals surface area contributed by atoms with Crippen molar-refractivity contribution in [1.82, 2.24) is 0 Å². The second-order valence-corrected chi connectivity index (χ2v) is 7.15. The third-order valence-electron chi connectivity index (χ3n) is 0.534. The van der Waals surface area contributed by atoms with Crippen molar-refractivity contribution in [3.8, 4) is 0 Å². The molecule has 0 fully saturated rings. The highest BCUT2D eigenvalue weighted by molar-refractivity contribution is 7.46. The van der Waals surface area contributed by atoms with Crippen LogP contribution in [-0.2, 0) is 12.6 Å². The average molecular weight is 334 g/mol. The van der Waals surface area contributed by atoms with Crippen LogP contribution in [0.15, 0.2) is 0 Å². The van der Waals surface area contributed by atoms with Crippen molar-refractivity contribution in [2.24, 2.45) is 0 Å². The van der Waals surface area contributed by atoms with Gasteiger partial charge in [-0.3, -0.25) is 12.6 Å². The highest BCUT2D eigenvalue weighted by Crippen LogP contribution is 2.49. The average Bonchev–Trinajstić information content (AvgIpc) is 1.70. The van der Waals surface area contributed by atoms with Crippen LogP contribution in [0.25, 0.3) is 0 Å². The van der Waals surface area contributed by atoms with E-state index in [0.29, 0.717) is 0 Å². The van der Waals surface area contributed by atoms with Gasteiger partial charge in [-0.25, -0.2) is 37.0 Å². The first kappa shape index (κ1) is 16.3. The van der Waals surface area contributed by atoms with Gasteiger partial charge in [-0.15, -0.1) is 0 Å². The second kappa shape index (κ2) is 5.32. The molecule has 0 aliphatic heterocycles. The predicted octanol–water partition coefficient (Wildman–Crippen LogP) is 3.30. The molecule has 0 atom stereocenters. The lowest BCUT2D eigenvalue weighted by atomic mass is 15.7. The predicted molar refractivity (Wildman–Crippen MR) is 37.4 cm³/mol.